The maximum atomic E-state index is 12.9. The Morgan fingerprint density at radius 1 is 1.00 bits per heavy atom. The lowest BCUT2D eigenvalue weighted by molar-refractivity contribution is -0.131. The Bertz CT molecular complexity index is 1020. The second kappa shape index (κ2) is 9.88. The molecule has 31 heavy (non-hydrogen) atoms. The molecule has 1 saturated heterocycles. The van der Waals surface area contributed by atoms with Crippen LogP contribution in [0.4, 0.5) is 4.39 Å². The average molecular weight is 450 g/mol. The molecule has 1 N–H and O–H groups in total. The van der Waals surface area contributed by atoms with Crippen LogP contribution < -0.4 is 10.1 Å². The lowest BCUT2D eigenvalue weighted by atomic mass is 10.2. The van der Waals surface area contributed by atoms with Gasteiger partial charge in [0.2, 0.25) is 15.9 Å². The van der Waals surface area contributed by atoms with Crippen molar-refractivity contribution in [2.75, 3.05) is 39.3 Å². The number of hydrogen-bond acceptors (Lipinski definition) is 5. The van der Waals surface area contributed by atoms with Gasteiger partial charge in [-0.25, -0.2) is 12.8 Å². The summed E-state index contributed by atoms with van der Waals surface area (Å²) in [6.07, 6.45) is 0. The number of piperazine rings is 1. The molecule has 0 atom stereocenters. The maximum Gasteiger partial charge on any atom is 0.251 e. The number of amides is 2. The quantitative estimate of drug-likeness (QED) is 0.691. The number of nitrogens with one attached hydrogen (secondary N) is 1. The lowest BCUT2D eigenvalue weighted by Gasteiger charge is -2.34. The Morgan fingerprint density at radius 3 is 2.19 bits per heavy atom. The van der Waals surface area contributed by atoms with Crippen LogP contribution >= 0.6 is 0 Å². The van der Waals surface area contributed by atoms with Crippen LogP contribution in [-0.4, -0.2) is 68.8 Å². The van der Waals surface area contributed by atoms with Crippen molar-refractivity contribution >= 4 is 21.8 Å². The lowest BCUT2D eigenvalue weighted by Crippen LogP contribution is -2.52. The van der Waals surface area contributed by atoms with Crippen LogP contribution in [0, 0.1) is 5.82 Å². The van der Waals surface area contributed by atoms with Gasteiger partial charge < -0.3 is 15.0 Å². The Morgan fingerprint density at radius 2 is 1.61 bits per heavy atom. The van der Waals surface area contributed by atoms with Crippen molar-refractivity contribution in [2.24, 2.45) is 0 Å². The topological polar surface area (TPSA) is 96.0 Å². The van der Waals surface area contributed by atoms with E-state index in [9.17, 15) is 22.4 Å². The molecule has 0 spiro atoms. The highest BCUT2D eigenvalue weighted by molar-refractivity contribution is 7.89. The summed E-state index contributed by atoms with van der Waals surface area (Å²) in [4.78, 5) is 26.1. The first kappa shape index (κ1) is 22.7. The van der Waals surface area contributed by atoms with Crippen molar-refractivity contribution in [1.29, 1.82) is 0 Å². The number of carbonyl (C=O) groups is 2. The number of rotatable bonds is 7. The van der Waals surface area contributed by atoms with E-state index in [4.69, 9.17) is 4.74 Å². The zero-order valence-electron chi connectivity index (χ0n) is 17.1. The van der Waals surface area contributed by atoms with Gasteiger partial charge in [0.1, 0.15) is 11.6 Å². The summed E-state index contributed by atoms with van der Waals surface area (Å²) in [6.45, 7) is 2.89. The third-order valence-corrected chi connectivity index (χ3v) is 6.78. The van der Waals surface area contributed by atoms with Crippen LogP contribution in [0.2, 0.25) is 0 Å². The summed E-state index contributed by atoms with van der Waals surface area (Å²) < 4.78 is 45.3. The van der Waals surface area contributed by atoms with E-state index in [0.717, 1.165) is 0 Å². The van der Waals surface area contributed by atoms with Crippen molar-refractivity contribution in [3.8, 4) is 5.75 Å². The highest BCUT2D eigenvalue weighted by atomic mass is 32.2. The van der Waals surface area contributed by atoms with E-state index < -0.39 is 21.7 Å². The third kappa shape index (κ3) is 5.59. The summed E-state index contributed by atoms with van der Waals surface area (Å²) in [5.41, 5.74) is 0.250. The van der Waals surface area contributed by atoms with E-state index >= 15 is 0 Å². The molecule has 1 heterocycles. The number of carbonyl (C=O) groups excluding carboxylic acids is 2. The van der Waals surface area contributed by atoms with E-state index in [1.807, 2.05) is 6.92 Å². The van der Waals surface area contributed by atoms with Gasteiger partial charge in [0.25, 0.3) is 5.91 Å². The van der Waals surface area contributed by atoms with E-state index in [2.05, 4.69) is 5.32 Å². The first-order valence-corrected chi connectivity index (χ1v) is 11.3. The minimum Gasteiger partial charge on any atom is -0.494 e. The number of benzene rings is 2. The number of halogens is 1. The Hall–Kier alpha value is -2.98. The Kier molecular flexibility index (Phi) is 7.24. The van der Waals surface area contributed by atoms with Crippen molar-refractivity contribution < 1.29 is 27.1 Å². The zero-order valence-corrected chi connectivity index (χ0v) is 17.9. The van der Waals surface area contributed by atoms with Gasteiger partial charge in [-0.05, 0) is 55.5 Å². The predicted molar refractivity (Wildman–Crippen MR) is 112 cm³/mol. The normalized spacial score (nSPS) is 14.8. The summed E-state index contributed by atoms with van der Waals surface area (Å²) >= 11 is 0. The van der Waals surface area contributed by atoms with Gasteiger partial charge in [0.15, 0.2) is 0 Å². The molecule has 0 unspecified atom stereocenters. The third-order valence-electron chi connectivity index (χ3n) is 4.87. The van der Waals surface area contributed by atoms with Crippen LogP contribution in [0.3, 0.4) is 0 Å². The molecular formula is C21H24FN3O5S. The number of sulfonamides is 1. The molecule has 0 radical (unpaired) electrons. The molecule has 0 aromatic heterocycles. The second-order valence-corrected chi connectivity index (χ2v) is 8.82. The number of hydrogen-bond donors (Lipinski definition) is 1. The molecule has 0 aliphatic carbocycles. The molecule has 166 valence electrons. The van der Waals surface area contributed by atoms with Crippen LogP contribution in [0.1, 0.15) is 17.3 Å². The first-order valence-electron chi connectivity index (χ1n) is 9.86. The SMILES string of the molecule is CCOc1ccc(S(=O)(=O)N2CCN(C(=O)CNC(=O)c3ccc(F)cc3)CC2)cc1. The summed E-state index contributed by atoms with van der Waals surface area (Å²) in [7, 11) is -3.67. The molecule has 1 aliphatic rings. The zero-order chi connectivity index (χ0) is 22.4. The van der Waals surface area contributed by atoms with Crippen LogP contribution in [-0.2, 0) is 14.8 Å². The van der Waals surface area contributed by atoms with Gasteiger partial charge in [-0.2, -0.15) is 4.31 Å². The van der Waals surface area contributed by atoms with Gasteiger partial charge in [0, 0.05) is 31.7 Å². The van der Waals surface area contributed by atoms with Gasteiger partial charge in [-0.15, -0.1) is 0 Å². The van der Waals surface area contributed by atoms with Crippen LogP contribution in [0.5, 0.6) is 5.75 Å². The van der Waals surface area contributed by atoms with Crippen LogP contribution in [0.25, 0.3) is 0 Å². The highest BCUT2D eigenvalue weighted by Gasteiger charge is 2.30. The average Bonchev–Trinajstić information content (AvgIpc) is 2.78. The molecule has 2 amide bonds. The van der Waals surface area contributed by atoms with Gasteiger partial charge in [-0.3, -0.25) is 9.59 Å². The number of nitrogens with zero attached hydrogens (tertiary/aromatic N) is 2. The molecule has 10 heteroatoms. The van der Waals surface area contributed by atoms with Gasteiger partial charge in [0.05, 0.1) is 18.0 Å². The maximum absolute atomic E-state index is 12.9. The summed E-state index contributed by atoms with van der Waals surface area (Å²) in [5, 5.41) is 2.50. The van der Waals surface area contributed by atoms with Crippen molar-refractivity contribution in [1.82, 2.24) is 14.5 Å². The highest BCUT2D eigenvalue weighted by Crippen LogP contribution is 2.21. The molecule has 3 rings (SSSR count). The van der Waals surface area contributed by atoms with E-state index in [1.54, 1.807) is 12.1 Å². The van der Waals surface area contributed by atoms with Gasteiger partial charge >= 0.3 is 0 Å². The smallest absolute Gasteiger partial charge is 0.251 e. The fourth-order valence-electron chi connectivity index (χ4n) is 3.17. The van der Waals surface area contributed by atoms with Crippen LogP contribution in [0.15, 0.2) is 53.4 Å². The van der Waals surface area contributed by atoms with Crippen molar-refractivity contribution in [3.63, 3.8) is 0 Å². The molecular weight excluding hydrogens is 425 g/mol. The molecule has 2 aromatic rings. The summed E-state index contributed by atoms with van der Waals surface area (Å²) in [5.74, 6) is -0.649. The predicted octanol–water partition coefficient (Wildman–Crippen LogP) is 1.49. The molecule has 8 nitrogen and oxygen atoms in total. The first-order chi connectivity index (χ1) is 14.8. The van der Waals surface area contributed by atoms with E-state index in [0.29, 0.717) is 12.4 Å². The number of ether oxygens (including phenoxy) is 1. The monoisotopic (exact) mass is 449 g/mol. The fourth-order valence-corrected chi connectivity index (χ4v) is 4.59. The van der Waals surface area contributed by atoms with E-state index in [-0.39, 0.29) is 49.1 Å². The van der Waals surface area contributed by atoms with Crippen molar-refractivity contribution in [2.45, 2.75) is 11.8 Å². The molecule has 0 bridgehead atoms. The van der Waals surface area contributed by atoms with E-state index in [1.165, 1.54) is 45.6 Å². The molecule has 1 fully saturated rings. The largest absolute Gasteiger partial charge is 0.494 e. The molecule has 0 saturated carbocycles. The second-order valence-electron chi connectivity index (χ2n) is 6.88. The van der Waals surface area contributed by atoms with Crippen molar-refractivity contribution in [3.05, 3.63) is 59.9 Å². The Labute approximate surface area is 180 Å². The molecule has 2 aromatic carbocycles. The minimum absolute atomic E-state index is 0.160. The molecule has 1 aliphatic heterocycles. The van der Waals surface area contributed by atoms with Gasteiger partial charge in [-0.1, -0.05) is 0 Å². The fraction of sp³-hybridized carbons (Fsp3) is 0.333. The standard InChI is InChI=1S/C21H24FN3O5S/c1-2-30-18-7-9-19(10-8-18)31(28,29)25-13-11-24(12-14-25)20(26)15-23-21(27)16-3-5-17(22)6-4-16/h3-10H,2,11-15H2,1H3,(H,23,27). The minimum atomic E-state index is -3.67. The Balaban J connectivity index is 1.51. The summed E-state index contributed by atoms with van der Waals surface area (Å²) in [6, 6.07) is 11.2.